The minimum atomic E-state index is 0.347. The van der Waals surface area contributed by atoms with Crippen LogP contribution in [0.3, 0.4) is 0 Å². The highest BCUT2D eigenvalue weighted by Gasteiger charge is 2.38. The second kappa shape index (κ2) is 6.46. The Hall–Kier alpha value is -0.570. The van der Waals surface area contributed by atoms with Gasteiger partial charge in [0.05, 0.1) is 0 Å². The SMILES string of the molecule is CC(c1ccccc1Cl)N(C)CC1(C(C)C)CCNC1. The molecule has 1 N–H and O–H groups in total. The van der Waals surface area contributed by atoms with Crippen LogP contribution in [0.25, 0.3) is 0 Å². The van der Waals surface area contributed by atoms with E-state index < -0.39 is 0 Å². The van der Waals surface area contributed by atoms with Gasteiger partial charge in [-0.05, 0) is 49.9 Å². The van der Waals surface area contributed by atoms with E-state index >= 15 is 0 Å². The molecule has 1 fully saturated rings. The quantitative estimate of drug-likeness (QED) is 0.884. The van der Waals surface area contributed by atoms with Crippen molar-refractivity contribution in [2.24, 2.45) is 11.3 Å². The number of benzene rings is 1. The van der Waals surface area contributed by atoms with Crippen LogP contribution in [0.15, 0.2) is 24.3 Å². The van der Waals surface area contributed by atoms with Crippen molar-refractivity contribution in [2.45, 2.75) is 33.2 Å². The van der Waals surface area contributed by atoms with Crippen molar-refractivity contribution in [3.05, 3.63) is 34.9 Å². The topological polar surface area (TPSA) is 15.3 Å². The lowest BCUT2D eigenvalue weighted by atomic mass is 9.76. The Morgan fingerprint density at radius 1 is 1.30 bits per heavy atom. The second-order valence-electron chi connectivity index (χ2n) is 6.56. The van der Waals surface area contributed by atoms with Gasteiger partial charge in [0, 0.05) is 24.2 Å². The number of halogens is 1. The summed E-state index contributed by atoms with van der Waals surface area (Å²) in [5.41, 5.74) is 1.62. The zero-order chi connectivity index (χ0) is 14.8. The summed E-state index contributed by atoms with van der Waals surface area (Å²) in [6.45, 7) is 10.3. The summed E-state index contributed by atoms with van der Waals surface area (Å²) in [4.78, 5) is 2.45. The molecule has 0 spiro atoms. The van der Waals surface area contributed by atoms with Crippen LogP contribution in [0.1, 0.15) is 38.8 Å². The van der Waals surface area contributed by atoms with Crippen molar-refractivity contribution in [1.29, 1.82) is 0 Å². The molecule has 112 valence electrons. The summed E-state index contributed by atoms with van der Waals surface area (Å²) in [6.07, 6.45) is 1.27. The molecule has 1 aliphatic rings. The molecule has 0 aromatic heterocycles. The molecular formula is C17H27ClN2. The zero-order valence-electron chi connectivity index (χ0n) is 13.1. The fourth-order valence-electron chi connectivity index (χ4n) is 3.26. The van der Waals surface area contributed by atoms with Gasteiger partial charge < -0.3 is 5.32 Å². The largest absolute Gasteiger partial charge is 0.316 e. The summed E-state index contributed by atoms with van der Waals surface area (Å²) >= 11 is 6.34. The lowest BCUT2D eigenvalue weighted by Gasteiger charge is -2.39. The predicted molar refractivity (Wildman–Crippen MR) is 87.3 cm³/mol. The molecule has 1 heterocycles. The van der Waals surface area contributed by atoms with Crippen LogP contribution in [0.4, 0.5) is 0 Å². The maximum atomic E-state index is 6.34. The molecule has 2 rings (SSSR count). The summed E-state index contributed by atoms with van der Waals surface area (Å²) in [6, 6.07) is 8.53. The average Bonchev–Trinajstić information content (AvgIpc) is 2.88. The molecule has 1 aliphatic heterocycles. The Morgan fingerprint density at radius 2 is 2.00 bits per heavy atom. The van der Waals surface area contributed by atoms with E-state index in [0.717, 1.165) is 24.7 Å². The number of nitrogens with zero attached hydrogens (tertiary/aromatic N) is 1. The molecule has 0 amide bonds. The first-order valence-corrected chi connectivity index (χ1v) is 7.99. The third kappa shape index (κ3) is 3.19. The number of hydrogen-bond donors (Lipinski definition) is 1. The number of hydrogen-bond acceptors (Lipinski definition) is 2. The van der Waals surface area contributed by atoms with Gasteiger partial charge in [-0.15, -0.1) is 0 Å². The lowest BCUT2D eigenvalue weighted by molar-refractivity contribution is 0.111. The molecule has 1 saturated heterocycles. The first kappa shape index (κ1) is 15.8. The van der Waals surface area contributed by atoms with Crippen LogP contribution in [-0.4, -0.2) is 31.6 Å². The van der Waals surface area contributed by atoms with Gasteiger partial charge in [0.2, 0.25) is 0 Å². The second-order valence-corrected chi connectivity index (χ2v) is 6.96. The van der Waals surface area contributed by atoms with E-state index in [1.54, 1.807) is 0 Å². The van der Waals surface area contributed by atoms with Crippen LogP contribution in [0.5, 0.6) is 0 Å². The zero-order valence-corrected chi connectivity index (χ0v) is 13.9. The van der Waals surface area contributed by atoms with E-state index in [0.29, 0.717) is 17.4 Å². The molecule has 0 aliphatic carbocycles. The first-order valence-electron chi connectivity index (χ1n) is 7.62. The van der Waals surface area contributed by atoms with Gasteiger partial charge in [0.25, 0.3) is 0 Å². The highest BCUT2D eigenvalue weighted by atomic mass is 35.5. The third-order valence-electron chi connectivity index (χ3n) is 5.08. The Kier molecular flexibility index (Phi) is 5.11. The van der Waals surface area contributed by atoms with E-state index in [-0.39, 0.29) is 0 Å². The molecule has 3 heteroatoms. The Balaban J connectivity index is 2.11. The van der Waals surface area contributed by atoms with E-state index in [2.05, 4.69) is 50.2 Å². The molecule has 1 aromatic carbocycles. The van der Waals surface area contributed by atoms with Gasteiger partial charge in [0.1, 0.15) is 0 Å². The lowest BCUT2D eigenvalue weighted by Crippen LogP contribution is -2.42. The molecule has 20 heavy (non-hydrogen) atoms. The average molecular weight is 295 g/mol. The summed E-state index contributed by atoms with van der Waals surface area (Å²) in [7, 11) is 2.22. The summed E-state index contributed by atoms with van der Waals surface area (Å²) in [5, 5.41) is 4.41. The van der Waals surface area contributed by atoms with Crippen molar-refractivity contribution in [1.82, 2.24) is 10.2 Å². The van der Waals surface area contributed by atoms with E-state index in [1.165, 1.54) is 12.0 Å². The highest BCUT2D eigenvalue weighted by Crippen LogP contribution is 2.37. The monoisotopic (exact) mass is 294 g/mol. The molecule has 0 saturated carbocycles. The van der Waals surface area contributed by atoms with Crippen molar-refractivity contribution in [3.8, 4) is 0 Å². The van der Waals surface area contributed by atoms with Gasteiger partial charge in [0.15, 0.2) is 0 Å². The molecule has 2 atom stereocenters. The van der Waals surface area contributed by atoms with Crippen LogP contribution in [0.2, 0.25) is 5.02 Å². The maximum Gasteiger partial charge on any atom is 0.0453 e. The van der Waals surface area contributed by atoms with E-state index in [9.17, 15) is 0 Å². The molecular weight excluding hydrogens is 268 g/mol. The number of nitrogens with one attached hydrogen (secondary N) is 1. The van der Waals surface area contributed by atoms with Gasteiger partial charge in [-0.2, -0.15) is 0 Å². The predicted octanol–water partition coefficient (Wildman–Crippen LogP) is 3.97. The first-order chi connectivity index (χ1) is 9.46. The Labute approximate surface area is 128 Å². The van der Waals surface area contributed by atoms with Crippen LogP contribution in [0, 0.1) is 11.3 Å². The smallest absolute Gasteiger partial charge is 0.0453 e. The van der Waals surface area contributed by atoms with Gasteiger partial charge in [-0.3, -0.25) is 4.90 Å². The van der Waals surface area contributed by atoms with Gasteiger partial charge in [-0.1, -0.05) is 43.6 Å². The fraction of sp³-hybridized carbons (Fsp3) is 0.647. The van der Waals surface area contributed by atoms with Crippen molar-refractivity contribution in [2.75, 3.05) is 26.7 Å². The summed E-state index contributed by atoms with van der Waals surface area (Å²) < 4.78 is 0. The number of rotatable bonds is 5. The van der Waals surface area contributed by atoms with Crippen LogP contribution >= 0.6 is 11.6 Å². The van der Waals surface area contributed by atoms with Crippen LogP contribution < -0.4 is 5.32 Å². The standard InChI is InChI=1S/C17H27ClN2/c1-13(2)17(9-10-19-11-17)12-20(4)14(3)15-7-5-6-8-16(15)18/h5-8,13-14,19H,9-12H2,1-4H3. The highest BCUT2D eigenvalue weighted by molar-refractivity contribution is 6.31. The molecule has 2 nitrogen and oxygen atoms in total. The fourth-order valence-corrected chi connectivity index (χ4v) is 3.55. The van der Waals surface area contributed by atoms with Crippen molar-refractivity contribution >= 4 is 11.6 Å². The normalized spacial score (nSPS) is 24.6. The van der Waals surface area contributed by atoms with E-state index in [1.807, 2.05) is 12.1 Å². The molecule has 0 bridgehead atoms. The molecule has 2 unspecified atom stereocenters. The van der Waals surface area contributed by atoms with Crippen molar-refractivity contribution in [3.63, 3.8) is 0 Å². The minimum absolute atomic E-state index is 0.347. The van der Waals surface area contributed by atoms with Gasteiger partial charge >= 0.3 is 0 Å². The Bertz CT molecular complexity index is 438. The Morgan fingerprint density at radius 3 is 2.55 bits per heavy atom. The third-order valence-corrected chi connectivity index (χ3v) is 5.43. The maximum absolute atomic E-state index is 6.34. The van der Waals surface area contributed by atoms with Crippen molar-refractivity contribution < 1.29 is 0 Å². The summed E-state index contributed by atoms with van der Waals surface area (Å²) in [5.74, 6) is 0.693. The van der Waals surface area contributed by atoms with Gasteiger partial charge in [-0.25, -0.2) is 0 Å². The van der Waals surface area contributed by atoms with E-state index in [4.69, 9.17) is 11.6 Å². The van der Waals surface area contributed by atoms with Crippen LogP contribution in [-0.2, 0) is 0 Å². The minimum Gasteiger partial charge on any atom is -0.316 e. The molecule has 1 aromatic rings. The molecule has 0 radical (unpaired) electrons.